The third-order valence-electron chi connectivity index (χ3n) is 3.26. The van der Waals surface area contributed by atoms with Crippen LogP contribution in [0.3, 0.4) is 0 Å². The summed E-state index contributed by atoms with van der Waals surface area (Å²) in [6.45, 7) is 17.2. The first kappa shape index (κ1) is 16.9. The van der Waals surface area contributed by atoms with Crippen LogP contribution in [0.5, 0.6) is 0 Å². The van der Waals surface area contributed by atoms with Gasteiger partial charge in [-0.1, -0.05) is 34.6 Å². The number of hydrogen-bond acceptors (Lipinski definition) is 2. The Bertz CT molecular complexity index is 182. The van der Waals surface area contributed by atoms with Gasteiger partial charge in [-0.25, -0.2) is 0 Å². The molecule has 0 bridgehead atoms. The van der Waals surface area contributed by atoms with Gasteiger partial charge in [-0.15, -0.1) is 0 Å². The fraction of sp³-hybridized carbons (Fsp3) is 1.00. The predicted octanol–water partition coefficient (Wildman–Crippen LogP) is 3.38. The van der Waals surface area contributed by atoms with Crippen molar-refractivity contribution in [3.63, 3.8) is 0 Å². The van der Waals surface area contributed by atoms with Crippen LogP contribution in [0, 0.1) is 11.3 Å². The van der Waals surface area contributed by atoms with E-state index in [-0.39, 0.29) is 0 Å². The summed E-state index contributed by atoms with van der Waals surface area (Å²) in [4.78, 5) is 2.46. The molecule has 0 heterocycles. The van der Waals surface area contributed by atoms with Gasteiger partial charge in [-0.3, -0.25) is 0 Å². The third kappa shape index (κ3) is 10.8. The average Bonchev–Trinajstić information content (AvgIpc) is 2.13. The summed E-state index contributed by atoms with van der Waals surface area (Å²) < 4.78 is 0. The van der Waals surface area contributed by atoms with E-state index in [4.69, 9.17) is 0 Å². The minimum atomic E-state index is 0.448. The quantitative estimate of drug-likeness (QED) is 0.657. The molecule has 0 amide bonds. The number of nitrogens with one attached hydrogen (secondary N) is 1. The summed E-state index contributed by atoms with van der Waals surface area (Å²) in [7, 11) is 2.23. The maximum atomic E-state index is 3.54. The minimum absolute atomic E-state index is 0.448. The van der Waals surface area contributed by atoms with Crippen molar-refractivity contribution < 1.29 is 0 Å². The monoisotopic (exact) mass is 242 g/mol. The van der Waals surface area contributed by atoms with E-state index >= 15 is 0 Å². The first-order valence-electron chi connectivity index (χ1n) is 7.13. The zero-order valence-electron chi connectivity index (χ0n) is 13.1. The molecule has 1 unspecified atom stereocenters. The Morgan fingerprint density at radius 3 is 2.12 bits per heavy atom. The molecule has 0 aliphatic heterocycles. The first-order chi connectivity index (χ1) is 7.72. The molecule has 2 heteroatoms. The molecule has 0 aliphatic rings. The Morgan fingerprint density at radius 1 is 1.06 bits per heavy atom. The summed E-state index contributed by atoms with van der Waals surface area (Å²) >= 11 is 0. The smallest absolute Gasteiger partial charge is 0.0107 e. The lowest BCUT2D eigenvalue weighted by molar-refractivity contribution is 0.227. The lowest BCUT2D eigenvalue weighted by Gasteiger charge is -2.26. The molecule has 2 nitrogen and oxygen atoms in total. The highest BCUT2D eigenvalue weighted by atomic mass is 15.1. The number of likely N-dealkylation sites (N-methyl/N-ethyl adjacent to an activating group) is 1. The number of nitrogens with zero attached hydrogens (tertiary/aromatic N) is 1. The maximum Gasteiger partial charge on any atom is 0.0107 e. The van der Waals surface area contributed by atoms with E-state index in [2.05, 4.69) is 58.8 Å². The minimum Gasteiger partial charge on any atom is -0.315 e. The van der Waals surface area contributed by atoms with Gasteiger partial charge in [0.1, 0.15) is 0 Å². The van der Waals surface area contributed by atoms with Crippen LogP contribution in [0.4, 0.5) is 0 Å². The van der Waals surface area contributed by atoms with Gasteiger partial charge in [0.2, 0.25) is 0 Å². The molecule has 0 aromatic rings. The maximum absolute atomic E-state index is 3.54. The van der Waals surface area contributed by atoms with Crippen LogP contribution in [0.25, 0.3) is 0 Å². The Morgan fingerprint density at radius 2 is 1.65 bits per heavy atom. The van der Waals surface area contributed by atoms with E-state index in [1.54, 1.807) is 0 Å². The van der Waals surface area contributed by atoms with Crippen molar-refractivity contribution in [2.75, 3.05) is 26.7 Å². The van der Waals surface area contributed by atoms with Gasteiger partial charge in [-0.05, 0) is 44.7 Å². The molecular formula is C15H34N2. The average molecular weight is 242 g/mol. The summed E-state index contributed by atoms with van der Waals surface area (Å²) in [5, 5.41) is 3.54. The lowest BCUT2D eigenvalue weighted by Crippen LogP contribution is -2.36. The zero-order chi connectivity index (χ0) is 13.5. The van der Waals surface area contributed by atoms with Crippen LogP contribution in [-0.4, -0.2) is 37.6 Å². The van der Waals surface area contributed by atoms with Gasteiger partial charge in [0.15, 0.2) is 0 Å². The van der Waals surface area contributed by atoms with Gasteiger partial charge in [-0.2, -0.15) is 0 Å². The van der Waals surface area contributed by atoms with E-state index in [1.807, 2.05) is 0 Å². The van der Waals surface area contributed by atoms with Crippen LogP contribution in [-0.2, 0) is 0 Å². The van der Waals surface area contributed by atoms with E-state index in [9.17, 15) is 0 Å². The molecule has 0 aromatic heterocycles. The molecule has 0 radical (unpaired) electrons. The summed E-state index contributed by atoms with van der Waals surface area (Å²) in [6, 6.07) is 0.694. The molecule has 0 spiro atoms. The highest BCUT2D eigenvalue weighted by Crippen LogP contribution is 2.16. The topological polar surface area (TPSA) is 15.3 Å². The van der Waals surface area contributed by atoms with E-state index < -0.39 is 0 Å². The van der Waals surface area contributed by atoms with Gasteiger partial charge in [0, 0.05) is 19.1 Å². The largest absolute Gasteiger partial charge is 0.315 e. The SMILES string of the molecule is CC(C)CC(C)N(C)CCNCCC(C)(C)C. The summed E-state index contributed by atoms with van der Waals surface area (Å²) in [5.41, 5.74) is 0.448. The molecule has 0 aliphatic carbocycles. The summed E-state index contributed by atoms with van der Waals surface area (Å²) in [6.07, 6.45) is 2.54. The van der Waals surface area contributed by atoms with Crippen molar-refractivity contribution in [1.82, 2.24) is 10.2 Å². The highest BCUT2D eigenvalue weighted by molar-refractivity contribution is 4.67. The van der Waals surface area contributed by atoms with Gasteiger partial charge in [0.25, 0.3) is 0 Å². The second-order valence-corrected chi connectivity index (χ2v) is 7.02. The highest BCUT2D eigenvalue weighted by Gasteiger charge is 2.11. The van der Waals surface area contributed by atoms with Crippen molar-refractivity contribution in [1.29, 1.82) is 0 Å². The Hall–Kier alpha value is -0.0800. The van der Waals surface area contributed by atoms with Crippen molar-refractivity contribution in [2.45, 2.75) is 60.4 Å². The van der Waals surface area contributed by atoms with Gasteiger partial charge in [0.05, 0.1) is 0 Å². The molecule has 104 valence electrons. The molecule has 1 N–H and O–H groups in total. The second kappa shape index (κ2) is 8.10. The fourth-order valence-electron chi connectivity index (χ4n) is 1.93. The van der Waals surface area contributed by atoms with Crippen molar-refractivity contribution in [2.24, 2.45) is 11.3 Å². The Balaban J connectivity index is 3.54. The van der Waals surface area contributed by atoms with Gasteiger partial charge < -0.3 is 10.2 Å². The summed E-state index contributed by atoms with van der Waals surface area (Å²) in [5.74, 6) is 0.793. The normalized spacial score (nSPS) is 14.6. The molecule has 0 aromatic carbocycles. The van der Waals surface area contributed by atoms with Crippen LogP contribution in [0.2, 0.25) is 0 Å². The van der Waals surface area contributed by atoms with Crippen LogP contribution in [0.15, 0.2) is 0 Å². The molecule has 0 saturated carbocycles. The van der Waals surface area contributed by atoms with Gasteiger partial charge >= 0.3 is 0 Å². The zero-order valence-corrected chi connectivity index (χ0v) is 13.1. The first-order valence-corrected chi connectivity index (χ1v) is 7.13. The van der Waals surface area contributed by atoms with Crippen molar-refractivity contribution in [3.05, 3.63) is 0 Å². The fourth-order valence-corrected chi connectivity index (χ4v) is 1.93. The lowest BCUT2D eigenvalue weighted by atomic mass is 9.92. The van der Waals surface area contributed by atoms with E-state index in [0.29, 0.717) is 11.5 Å². The van der Waals surface area contributed by atoms with Crippen molar-refractivity contribution in [3.8, 4) is 0 Å². The molecule has 1 atom stereocenters. The predicted molar refractivity (Wildman–Crippen MR) is 78.5 cm³/mol. The van der Waals surface area contributed by atoms with Crippen LogP contribution >= 0.6 is 0 Å². The standard InChI is InChI=1S/C15H34N2/c1-13(2)12-14(3)17(7)11-10-16-9-8-15(4,5)6/h13-14,16H,8-12H2,1-7H3. The van der Waals surface area contributed by atoms with Crippen LogP contribution in [0.1, 0.15) is 54.4 Å². The van der Waals surface area contributed by atoms with Crippen molar-refractivity contribution >= 4 is 0 Å². The molecule has 0 fully saturated rings. The number of hydrogen-bond donors (Lipinski definition) is 1. The molecule has 0 rings (SSSR count). The Labute approximate surface area is 109 Å². The van der Waals surface area contributed by atoms with E-state index in [1.165, 1.54) is 12.8 Å². The number of rotatable bonds is 8. The molecular weight excluding hydrogens is 208 g/mol. The third-order valence-corrected chi connectivity index (χ3v) is 3.26. The van der Waals surface area contributed by atoms with E-state index in [0.717, 1.165) is 25.6 Å². The van der Waals surface area contributed by atoms with Crippen LogP contribution < -0.4 is 5.32 Å². The Kier molecular flexibility index (Phi) is 8.06. The molecule has 0 saturated heterocycles. The second-order valence-electron chi connectivity index (χ2n) is 7.02. The molecule has 17 heavy (non-hydrogen) atoms.